The second kappa shape index (κ2) is 13.2. The number of ether oxygens (including phenoxy) is 2. The Kier molecular flexibility index (Phi) is 9.86. The number of likely N-dealkylation sites (tertiary alicyclic amines) is 1. The molecule has 2 saturated heterocycles. The molecule has 10 heteroatoms. The van der Waals surface area contributed by atoms with E-state index in [2.05, 4.69) is 16.7 Å². The summed E-state index contributed by atoms with van der Waals surface area (Å²) in [6.07, 6.45) is 7.13. The number of carbonyl (C=O) groups excluding carboxylic acids is 4. The third-order valence-electron chi connectivity index (χ3n) is 8.80. The van der Waals surface area contributed by atoms with Crippen LogP contribution in [0.2, 0.25) is 0 Å². The number of nitrogens with zero attached hydrogens (tertiary/aromatic N) is 1. The normalized spacial score (nSPS) is 26.3. The highest BCUT2D eigenvalue weighted by Crippen LogP contribution is 2.32. The van der Waals surface area contributed by atoms with Gasteiger partial charge in [-0.05, 0) is 76.7 Å². The van der Waals surface area contributed by atoms with Gasteiger partial charge in [0.15, 0.2) is 5.78 Å². The summed E-state index contributed by atoms with van der Waals surface area (Å²) in [5.41, 5.74) is 6.78. The summed E-state index contributed by atoms with van der Waals surface area (Å²) < 4.78 is 10.7. The smallest absolute Gasteiger partial charge is 0.243 e. The second-order valence-electron chi connectivity index (χ2n) is 11.9. The van der Waals surface area contributed by atoms with Gasteiger partial charge >= 0.3 is 0 Å². The van der Waals surface area contributed by atoms with Gasteiger partial charge < -0.3 is 30.7 Å². The Bertz CT molecular complexity index is 1160. The number of carbonyl (C=O) groups is 4. The van der Waals surface area contributed by atoms with Gasteiger partial charge in [0.2, 0.25) is 17.7 Å². The van der Waals surface area contributed by atoms with Crippen LogP contribution in [0.1, 0.15) is 57.9 Å². The fraction of sp³-hybridized carbons (Fsp3) is 0.613. The molecule has 0 bridgehead atoms. The number of benzene rings is 1. The van der Waals surface area contributed by atoms with Gasteiger partial charge in [0.25, 0.3) is 0 Å². The number of Topliss-reactive ketones (excluding diaryl/α,β-unsaturated/α-hetero) is 1. The third-order valence-corrected chi connectivity index (χ3v) is 8.80. The number of amides is 3. The Morgan fingerprint density at radius 2 is 1.78 bits per heavy atom. The van der Waals surface area contributed by atoms with E-state index >= 15 is 0 Å². The van der Waals surface area contributed by atoms with Crippen molar-refractivity contribution in [2.24, 2.45) is 17.6 Å². The SMILES string of the molecule is COc1ccc(C[C@H](NC(=O)[C@H](C)C2C(C(N)=O)CCCN2C)C(=O)N[C@@H](CC2=CCCC2)C(=O)[C@@]2(C)CO2)cc1. The molecule has 1 aromatic rings. The number of primary amides is 1. The predicted molar refractivity (Wildman–Crippen MR) is 154 cm³/mol. The van der Waals surface area contributed by atoms with E-state index in [1.807, 2.05) is 24.1 Å². The summed E-state index contributed by atoms with van der Waals surface area (Å²) in [6.45, 7) is 4.59. The molecule has 2 aliphatic heterocycles. The van der Waals surface area contributed by atoms with Crippen LogP contribution in [0.15, 0.2) is 35.9 Å². The summed E-state index contributed by atoms with van der Waals surface area (Å²) in [7, 11) is 3.47. The van der Waals surface area contributed by atoms with Gasteiger partial charge in [0, 0.05) is 12.5 Å². The van der Waals surface area contributed by atoms with Crippen molar-refractivity contribution < 1.29 is 28.7 Å². The van der Waals surface area contributed by atoms with E-state index in [-0.39, 0.29) is 24.2 Å². The maximum atomic E-state index is 13.8. The minimum absolute atomic E-state index is 0.158. The van der Waals surface area contributed by atoms with Crippen molar-refractivity contribution in [1.82, 2.24) is 15.5 Å². The van der Waals surface area contributed by atoms with Crippen molar-refractivity contribution in [3.63, 3.8) is 0 Å². The molecule has 4 N–H and O–H groups in total. The van der Waals surface area contributed by atoms with Gasteiger partial charge in [0.05, 0.1) is 31.6 Å². The lowest BCUT2D eigenvalue weighted by Crippen LogP contribution is -2.58. The van der Waals surface area contributed by atoms with E-state index in [0.29, 0.717) is 25.2 Å². The molecule has 10 nitrogen and oxygen atoms in total. The highest BCUT2D eigenvalue weighted by molar-refractivity contribution is 5.98. The zero-order valence-electron chi connectivity index (χ0n) is 24.6. The summed E-state index contributed by atoms with van der Waals surface area (Å²) in [5, 5.41) is 5.90. The first kappa shape index (κ1) is 30.7. The van der Waals surface area contributed by atoms with Crippen molar-refractivity contribution in [2.45, 2.75) is 82.5 Å². The van der Waals surface area contributed by atoms with Crippen LogP contribution in [0, 0.1) is 11.8 Å². The van der Waals surface area contributed by atoms with Gasteiger partial charge in [-0.25, -0.2) is 0 Å². The maximum absolute atomic E-state index is 13.8. The largest absolute Gasteiger partial charge is 0.497 e. The van der Waals surface area contributed by atoms with Crippen LogP contribution in [0.3, 0.4) is 0 Å². The molecular formula is C31H44N4O6. The lowest BCUT2D eigenvalue weighted by atomic mass is 9.81. The third kappa shape index (κ3) is 7.54. The fourth-order valence-corrected chi connectivity index (χ4v) is 6.18. The zero-order valence-corrected chi connectivity index (χ0v) is 24.6. The quantitative estimate of drug-likeness (QED) is 0.244. The molecule has 0 aromatic heterocycles. The van der Waals surface area contributed by atoms with Gasteiger partial charge in [-0.3, -0.25) is 19.2 Å². The van der Waals surface area contributed by atoms with Gasteiger partial charge in [-0.1, -0.05) is 30.7 Å². The van der Waals surface area contributed by atoms with Gasteiger partial charge in [-0.2, -0.15) is 0 Å². The molecule has 3 aliphatic rings. The number of nitrogens with one attached hydrogen (secondary N) is 2. The van der Waals surface area contributed by atoms with Gasteiger partial charge in [0.1, 0.15) is 17.4 Å². The van der Waals surface area contributed by atoms with E-state index < -0.39 is 41.3 Å². The molecule has 2 unspecified atom stereocenters. The maximum Gasteiger partial charge on any atom is 0.243 e. The number of hydrogen-bond donors (Lipinski definition) is 3. The number of epoxide rings is 1. The monoisotopic (exact) mass is 568 g/mol. The summed E-state index contributed by atoms with van der Waals surface area (Å²) in [6, 6.07) is 5.22. The highest BCUT2D eigenvalue weighted by atomic mass is 16.6. The highest BCUT2D eigenvalue weighted by Gasteiger charge is 2.50. The zero-order chi connectivity index (χ0) is 29.7. The predicted octanol–water partition coefficient (Wildman–Crippen LogP) is 1.90. The fourth-order valence-electron chi connectivity index (χ4n) is 6.18. The van der Waals surface area contributed by atoms with Crippen molar-refractivity contribution in [2.75, 3.05) is 27.3 Å². The lowest BCUT2D eigenvalue weighted by Gasteiger charge is -2.40. The van der Waals surface area contributed by atoms with E-state index in [1.54, 1.807) is 33.1 Å². The topological polar surface area (TPSA) is 143 Å². The minimum Gasteiger partial charge on any atom is -0.497 e. The first-order valence-corrected chi connectivity index (χ1v) is 14.6. The average Bonchev–Trinajstić information content (AvgIpc) is 3.49. The van der Waals surface area contributed by atoms with Crippen LogP contribution < -0.4 is 21.1 Å². The lowest BCUT2D eigenvalue weighted by molar-refractivity contribution is -0.136. The van der Waals surface area contributed by atoms with Crippen LogP contribution in [-0.2, 0) is 30.3 Å². The summed E-state index contributed by atoms with van der Waals surface area (Å²) in [4.78, 5) is 55.1. The number of piperidine rings is 1. The Morgan fingerprint density at radius 1 is 1.10 bits per heavy atom. The summed E-state index contributed by atoms with van der Waals surface area (Å²) >= 11 is 0. The van der Waals surface area contributed by atoms with Crippen LogP contribution in [0.5, 0.6) is 5.75 Å². The summed E-state index contributed by atoms with van der Waals surface area (Å²) in [5.74, 6) is -1.73. The Morgan fingerprint density at radius 3 is 2.37 bits per heavy atom. The van der Waals surface area contributed by atoms with Crippen molar-refractivity contribution in [3.05, 3.63) is 41.5 Å². The molecule has 224 valence electrons. The van der Waals surface area contributed by atoms with Crippen LogP contribution in [0.4, 0.5) is 0 Å². The Balaban J connectivity index is 1.55. The average molecular weight is 569 g/mol. The molecule has 3 amide bonds. The van der Waals surface area contributed by atoms with E-state index in [9.17, 15) is 19.2 Å². The molecule has 1 aromatic carbocycles. The van der Waals surface area contributed by atoms with Crippen molar-refractivity contribution >= 4 is 23.5 Å². The molecule has 0 spiro atoms. The number of rotatable bonds is 13. The molecule has 0 radical (unpaired) electrons. The van der Waals surface area contributed by atoms with Crippen molar-refractivity contribution in [1.29, 1.82) is 0 Å². The Hall–Kier alpha value is -3.24. The van der Waals surface area contributed by atoms with E-state index in [0.717, 1.165) is 43.4 Å². The number of nitrogens with two attached hydrogens (primary N) is 1. The molecule has 1 aliphatic carbocycles. The number of methoxy groups -OCH3 is 1. The van der Waals surface area contributed by atoms with Gasteiger partial charge in [-0.15, -0.1) is 0 Å². The number of allylic oxidation sites excluding steroid dienone is 1. The molecular weight excluding hydrogens is 524 g/mol. The van der Waals surface area contributed by atoms with Crippen molar-refractivity contribution in [3.8, 4) is 5.75 Å². The molecule has 2 heterocycles. The second-order valence-corrected chi connectivity index (χ2v) is 11.9. The van der Waals surface area contributed by atoms with Crippen LogP contribution in [-0.4, -0.2) is 79.4 Å². The number of hydrogen-bond acceptors (Lipinski definition) is 7. The standard InChI is InChI=1S/C31H44N4O6/c1-19(26-23(28(32)37)10-7-15-35(26)3)29(38)34-25(17-21-11-13-22(40-4)14-12-21)30(39)33-24(16-20-8-5-6-9-20)27(36)31(2)18-41-31/h8,11-14,19,23-26H,5-7,9-10,15-18H2,1-4H3,(H2,32,37)(H,33,39)(H,34,38)/t19-,23?,24+,25+,26?,31-/m1/s1. The molecule has 6 atom stereocenters. The number of ketones is 1. The molecule has 2 fully saturated rings. The first-order chi connectivity index (χ1) is 19.5. The first-order valence-electron chi connectivity index (χ1n) is 14.6. The molecule has 41 heavy (non-hydrogen) atoms. The Labute approximate surface area is 242 Å². The van der Waals surface area contributed by atoms with Crippen LogP contribution >= 0.6 is 0 Å². The van der Waals surface area contributed by atoms with Crippen LogP contribution in [0.25, 0.3) is 0 Å². The molecule has 4 rings (SSSR count). The molecule has 0 saturated carbocycles. The van der Waals surface area contributed by atoms with E-state index in [1.165, 1.54) is 0 Å². The van der Waals surface area contributed by atoms with E-state index in [4.69, 9.17) is 15.2 Å². The minimum atomic E-state index is -0.944.